The van der Waals surface area contributed by atoms with Crippen LogP contribution in [0.5, 0.6) is 0 Å². The maximum Gasteiger partial charge on any atom is 0.261 e. The number of thiophene rings is 1. The van der Waals surface area contributed by atoms with Crippen molar-refractivity contribution in [3.8, 4) is 11.8 Å². The molecule has 102 valence electrons. The smallest absolute Gasteiger partial charge is 0.261 e. The molecule has 2 rings (SSSR count). The van der Waals surface area contributed by atoms with Crippen molar-refractivity contribution in [1.29, 1.82) is 0 Å². The molecule has 1 fully saturated rings. The minimum atomic E-state index is -0.164. The van der Waals surface area contributed by atoms with Crippen LogP contribution >= 0.6 is 11.3 Å². The minimum Gasteiger partial charge on any atom is -0.381 e. The largest absolute Gasteiger partial charge is 0.381 e. The molecule has 1 amide bonds. The fraction of sp³-hybridized carbons (Fsp3) is 0.500. The summed E-state index contributed by atoms with van der Waals surface area (Å²) < 4.78 is 5.32. The van der Waals surface area contributed by atoms with Gasteiger partial charge < -0.3 is 15.8 Å². The fourth-order valence-corrected chi connectivity index (χ4v) is 2.72. The van der Waals surface area contributed by atoms with Crippen LogP contribution in [0.3, 0.4) is 0 Å². The molecule has 1 aliphatic heterocycles. The number of hydrogen-bond donors (Lipinski definition) is 2. The Hall–Kier alpha value is -1.35. The lowest BCUT2D eigenvalue weighted by atomic mass is 9.92. The van der Waals surface area contributed by atoms with Gasteiger partial charge in [0, 0.05) is 18.8 Å². The number of amides is 1. The summed E-state index contributed by atoms with van der Waals surface area (Å²) in [7, 11) is 0. The average molecular weight is 278 g/mol. The molecule has 19 heavy (non-hydrogen) atoms. The second-order valence-electron chi connectivity index (χ2n) is 4.80. The predicted molar refractivity (Wildman–Crippen MR) is 76.2 cm³/mol. The van der Waals surface area contributed by atoms with E-state index in [1.165, 1.54) is 11.3 Å². The number of hydrogen-bond acceptors (Lipinski definition) is 4. The normalized spacial score (nSPS) is 17.4. The maximum absolute atomic E-state index is 12.2. The summed E-state index contributed by atoms with van der Waals surface area (Å²) >= 11 is 1.40. The molecule has 0 aromatic carbocycles. The maximum atomic E-state index is 12.2. The van der Waals surface area contributed by atoms with Crippen LogP contribution in [0, 0.1) is 11.8 Å². The van der Waals surface area contributed by atoms with E-state index in [-0.39, 0.29) is 11.4 Å². The highest BCUT2D eigenvalue weighted by Gasteiger charge is 2.29. The van der Waals surface area contributed by atoms with Crippen LogP contribution in [0.25, 0.3) is 0 Å². The zero-order valence-corrected chi connectivity index (χ0v) is 11.8. The van der Waals surface area contributed by atoms with Crippen molar-refractivity contribution < 1.29 is 9.53 Å². The first-order valence-electron chi connectivity index (χ1n) is 6.32. The van der Waals surface area contributed by atoms with Crippen molar-refractivity contribution in [3.05, 3.63) is 21.9 Å². The highest BCUT2D eigenvalue weighted by atomic mass is 32.1. The van der Waals surface area contributed by atoms with Gasteiger partial charge in [0.25, 0.3) is 5.91 Å². The summed E-state index contributed by atoms with van der Waals surface area (Å²) in [6.07, 6.45) is 1.70. The molecule has 2 heterocycles. The van der Waals surface area contributed by atoms with Crippen LogP contribution in [0.1, 0.15) is 34.3 Å². The number of rotatable bonds is 2. The molecule has 3 N–H and O–H groups in total. The Balaban J connectivity index is 2.01. The zero-order valence-electron chi connectivity index (χ0n) is 11.0. The fourth-order valence-electron chi connectivity index (χ4n) is 1.95. The van der Waals surface area contributed by atoms with Crippen LogP contribution < -0.4 is 11.1 Å². The van der Waals surface area contributed by atoms with Crippen molar-refractivity contribution in [3.63, 3.8) is 0 Å². The average Bonchev–Trinajstić information content (AvgIpc) is 2.85. The number of carbonyl (C=O) groups is 1. The molecule has 0 aliphatic carbocycles. The first kappa shape index (κ1) is 14.1. The lowest BCUT2D eigenvalue weighted by Crippen LogP contribution is -2.49. The monoisotopic (exact) mass is 278 g/mol. The first-order chi connectivity index (χ1) is 9.13. The molecular weight excluding hydrogens is 260 g/mol. The van der Waals surface area contributed by atoms with Crippen molar-refractivity contribution in [1.82, 2.24) is 5.32 Å². The van der Waals surface area contributed by atoms with Gasteiger partial charge in [-0.3, -0.25) is 4.79 Å². The summed E-state index contributed by atoms with van der Waals surface area (Å²) in [5.41, 5.74) is 5.16. The Kier molecular flexibility index (Phi) is 4.59. The molecule has 1 aromatic heterocycles. The quantitative estimate of drug-likeness (QED) is 0.803. The lowest BCUT2D eigenvalue weighted by Gasteiger charge is -2.34. The van der Waals surface area contributed by atoms with Gasteiger partial charge in [0.1, 0.15) is 0 Å². The zero-order chi connectivity index (χ0) is 13.7. The molecule has 5 heteroatoms. The lowest BCUT2D eigenvalue weighted by molar-refractivity contribution is 0.0424. The Morgan fingerprint density at radius 2 is 2.26 bits per heavy atom. The van der Waals surface area contributed by atoms with Gasteiger partial charge in [0.15, 0.2) is 0 Å². The summed E-state index contributed by atoms with van der Waals surface area (Å²) in [5.74, 6) is 5.69. The van der Waals surface area contributed by atoms with Gasteiger partial charge in [-0.05, 0) is 31.9 Å². The van der Waals surface area contributed by atoms with E-state index in [0.29, 0.717) is 24.6 Å². The summed E-state index contributed by atoms with van der Waals surface area (Å²) in [4.78, 5) is 13.7. The Bertz CT molecular complexity index is 507. The molecule has 1 aliphatic rings. The molecular formula is C14H18N2O2S. The van der Waals surface area contributed by atoms with E-state index in [0.717, 1.165) is 17.7 Å². The molecule has 0 saturated carbocycles. The second-order valence-corrected chi connectivity index (χ2v) is 5.88. The van der Waals surface area contributed by atoms with Crippen LogP contribution in [-0.2, 0) is 4.74 Å². The second kappa shape index (κ2) is 6.20. The Morgan fingerprint density at radius 1 is 1.53 bits per heavy atom. The van der Waals surface area contributed by atoms with Gasteiger partial charge in [0.2, 0.25) is 0 Å². The molecule has 0 radical (unpaired) electrons. The van der Waals surface area contributed by atoms with Crippen LogP contribution in [-0.4, -0.2) is 31.2 Å². The van der Waals surface area contributed by atoms with E-state index < -0.39 is 0 Å². The van der Waals surface area contributed by atoms with Gasteiger partial charge in [-0.2, -0.15) is 0 Å². The summed E-state index contributed by atoms with van der Waals surface area (Å²) in [5, 5.41) is 3.10. The van der Waals surface area contributed by atoms with E-state index in [2.05, 4.69) is 24.1 Å². The number of carbonyl (C=O) groups excluding carboxylic acids is 1. The third-order valence-electron chi connectivity index (χ3n) is 3.16. The van der Waals surface area contributed by atoms with Gasteiger partial charge in [-0.1, -0.05) is 11.8 Å². The first-order valence-corrected chi connectivity index (χ1v) is 7.14. The predicted octanol–water partition coefficient (Wildman–Crippen LogP) is 1.36. The Labute approximate surface area is 117 Å². The third-order valence-corrected chi connectivity index (χ3v) is 4.15. The van der Waals surface area contributed by atoms with Crippen LogP contribution in [0.2, 0.25) is 0 Å². The molecule has 1 saturated heterocycles. The summed E-state index contributed by atoms with van der Waals surface area (Å²) in [6.45, 7) is 3.80. The highest BCUT2D eigenvalue weighted by molar-refractivity contribution is 7.14. The number of nitrogens with one attached hydrogen (secondary N) is 1. The van der Waals surface area contributed by atoms with Crippen molar-refractivity contribution in [2.45, 2.75) is 25.3 Å². The van der Waals surface area contributed by atoms with Crippen molar-refractivity contribution >= 4 is 17.2 Å². The molecule has 0 bridgehead atoms. The van der Waals surface area contributed by atoms with E-state index in [1.807, 2.05) is 12.1 Å². The third kappa shape index (κ3) is 3.80. The Morgan fingerprint density at radius 3 is 2.95 bits per heavy atom. The highest BCUT2D eigenvalue weighted by Crippen LogP contribution is 2.22. The SMILES string of the molecule is CC1(NC(=O)c2ccc(C#CCN)s2)CCOCC1. The molecule has 4 nitrogen and oxygen atoms in total. The number of ether oxygens (including phenoxy) is 1. The van der Waals surface area contributed by atoms with Crippen molar-refractivity contribution in [2.75, 3.05) is 19.8 Å². The van der Waals surface area contributed by atoms with Crippen LogP contribution in [0.15, 0.2) is 12.1 Å². The summed E-state index contributed by atoms with van der Waals surface area (Å²) in [6, 6.07) is 3.66. The topological polar surface area (TPSA) is 64.4 Å². The van der Waals surface area contributed by atoms with Gasteiger partial charge in [-0.25, -0.2) is 0 Å². The molecule has 0 unspecified atom stereocenters. The standard InChI is InChI=1S/C14H18N2O2S/c1-14(6-9-18-10-7-14)16-13(17)12-5-4-11(19-12)3-2-8-15/h4-5H,6-10,15H2,1H3,(H,16,17). The number of nitrogens with two attached hydrogens (primary N) is 1. The minimum absolute atomic E-state index is 0.0322. The van der Waals surface area contributed by atoms with Crippen molar-refractivity contribution in [2.24, 2.45) is 5.73 Å². The molecule has 1 aromatic rings. The van der Waals surface area contributed by atoms with Crippen LogP contribution in [0.4, 0.5) is 0 Å². The van der Waals surface area contributed by atoms with E-state index in [1.54, 1.807) is 0 Å². The molecule has 0 atom stereocenters. The van der Waals surface area contributed by atoms with E-state index in [4.69, 9.17) is 10.5 Å². The van der Waals surface area contributed by atoms with Gasteiger partial charge >= 0.3 is 0 Å². The van der Waals surface area contributed by atoms with E-state index in [9.17, 15) is 4.79 Å². The van der Waals surface area contributed by atoms with Gasteiger partial charge in [-0.15, -0.1) is 11.3 Å². The van der Waals surface area contributed by atoms with E-state index >= 15 is 0 Å². The molecule has 0 spiro atoms. The van der Waals surface area contributed by atoms with Gasteiger partial charge in [0.05, 0.1) is 16.3 Å².